The molecule has 0 fully saturated rings. The van der Waals surface area contributed by atoms with Crippen molar-refractivity contribution in [2.75, 3.05) is 7.11 Å². The molecule has 0 unspecified atom stereocenters. The molecule has 0 aliphatic heterocycles. The average molecular weight is 378 g/mol. The van der Waals surface area contributed by atoms with Crippen LogP contribution in [0.3, 0.4) is 0 Å². The maximum Gasteiger partial charge on any atom is 0.338 e. The van der Waals surface area contributed by atoms with E-state index in [0.29, 0.717) is 16.5 Å². The molecule has 0 bridgehead atoms. The van der Waals surface area contributed by atoms with Crippen LogP contribution in [-0.4, -0.2) is 13.1 Å². The molecule has 0 saturated carbocycles. The largest absolute Gasteiger partial charge is 0.494 e. The predicted octanol–water partition coefficient (Wildman–Crippen LogP) is 4.45. The fourth-order valence-electron chi connectivity index (χ4n) is 3.15. The molecule has 0 radical (unpaired) electrons. The molecule has 4 aromatic rings. The van der Waals surface area contributed by atoms with Crippen molar-refractivity contribution >= 4 is 27.7 Å². The van der Waals surface area contributed by atoms with Gasteiger partial charge in [-0.25, -0.2) is 14.0 Å². The Morgan fingerprint density at radius 2 is 1.89 bits per heavy atom. The Balaban J connectivity index is 1.70. The number of halogens is 1. The van der Waals surface area contributed by atoms with Crippen LogP contribution in [-0.2, 0) is 11.3 Å². The molecule has 28 heavy (non-hydrogen) atoms. The summed E-state index contributed by atoms with van der Waals surface area (Å²) in [6.07, 6.45) is 0. The molecule has 0 amide bonds. The molecule has 1 heterocycles. The maximum atomic E-state index is 13.8. The van der Waals surface area contributed by atoms with Crippen LogP contribution in [0.25, 0.3) is 21.7 Å². The van der Waals surface area contributed by atoms with Crippen molar-refractivity contribution in [3.05, 3.63) is 88.0 Å². The quantitative estimate of drug-likeness (QED) is 0.298. The lowest BCUT2D eigenvalue weighted by Gasteiger charge is -2.10. The lowest BCUT2D eigenvalue weighted by molar-refractivity contribution is 0.0473. The number of benzene rings is 3. The summed E-state index contributed by atoms with van der Waals surface area (Å²) in [5.41, 5.74) is 0.442. The first-order valence-corrected chi connectivity index (χ1v) is 8.52. The van der Waals surface area contributed by atoms with Gasteiger partial charge in [-0.2, -0.15) is 0 Å². The highest BCUT2D eigenvalue weighted by Crippen LogP contribution is 2.28. The third-order valence-corrected chi connectivity index (χ3v) is 4.46. The van der Waals surface area contributed by atoms with E-state index in [1.165, 1.54) is 25.3 Å². The minimum atomic E-state index is -0.705. The second-order valence-electron chi connectivity index (χ2n) is 6.18. The van der Waals surface area contributed by atoms with Crippen LogP contribution < -0.4 is 10.4 Å². The summed E-state index contributed by atoms with van der Waals surface area (Å²) in [6, 6.07) is 16.3. The van der Waals surface area contributed by atoms with E-state index in [1.807, 2.05) is 30.3 Å². The third-order valence-electron chi connectivity index (χ3n) is 4.46. The highest BCUT2D eigenvalue weighted by atomic mass is 19.1. The number of ether oxygens (including phenoxy) is 2. The first-order chi connectivity index (χ1) is 13.6. The van der Waals surface area contributed by atoms with E-state index in [9.17, 15) is 14.0 Å². The number of hydrogen-bond acceptors (Lipinski definition) is 5. The van der Waals surface area contributed by atoms with Crippen LogP contribution in [0.5, 0.6) is 5.75 Å². The van der Waals surface area contributed by atoms with Crippen molar-refractivity contribution in [3.63, 3.8) is 0 Å². The maximum absolute atomic E-state index is 13.8. The van der Waals surface area contributed by atoms with Gasteiger partial charge in [-0.15, -0.1) is 0 Å². The minimum absolute atomic E-state index is 0.0367. The van der Waals surface area contributed by atoms with E-state index in [1.54, 1.807) is 6.07 Å². The third kappa shape index (κ3) is 3.20. The van der Waals surface area contributed by atoms with E-state index >= 15 is 0 Å². The summed E-state index contributed by atoms with van der Waals surface area (Å²) in [5.74, 6) is -1.33. The van der Waals surface area contributed by atoms with Gasteiger partial charge in [-0.05, 0) is 35.0 Å². The Labute approximate surface area is 158 Å². The van der Waals surface area contributed by atoms with E-state index in [0.717, 1.165) is 16.8 Å². The van der Waals surface area contributed by atoms with Gasteiger partial charge in [0.15, 0.2) is 11.6 Å². The summed E-state index contributed by atoms with van der Waals surface area (Å²) in [7, 11) is 1.34. The summed E-state index contributed by atoms with van der Waals surface area (Å²) >= 11 is 0. The van der Waals surface area contributed by atoms with E-state index in [4.69, 9.17) is 13.9 Å². The highest BCUT2D eigenvalue weighted by Gasteiger charge is 2.14. The average Bonchev–Trinajstić information content (AvgIpc) is 2.71. The zero-order chi connectivity index (χ0) is 19.7. The molecule has 0 aliphatic rings. The summed E-state index contributed by atoms with van der Waals surface area (Å²) in [5, 5.41) is 2.55. The Bertz CT molecular complexity index is 1260. The molecule has 0 atom stereocenters. The summed E-state index contributed by atoms with van der Waals surface area (Å²) in [6.45, 7) is -0.150. The highest BCUT2D eigenvalue weighted by molar-refractivity contribution is 6.07. The lowest BCUT2D eigenvalue weighted by Crippen LogP contribution is -2.08. The van der Waals surface area contributed by atoms with Crippen LogP contribution in [0, 0.1) is 5.82 Å². The predicted molar refractivity (Wildman–Crippen MR) is 102 cm³/mol. The van der Waals surface area contributed by atoms with Gasteiger partial charge < -0.3 is 13.9 Å². The molecule has 0 N–H and O–H groups in total. The van der Waals surface area contributed by atoms with Gasteiger partial charge in [0.1, 0.15) is 12.2 Å². The lowest BCUT2D eigenvalue weighted by atomic mass is 10.0. The second-order valence-corrected chi connectivity index (χ2v) is 6.18. The van der Waals surface area contributed by atoms with Crippen molar-refractivity contribution in [2.45, 2.75) is 6.61 Å². The molecule has 140 valence electrons. The number of esters is 1. The van der Waals surface area contributed by atoms with Gasteiger partial charge >= 0.3 is 11.6 Å². The second kappa shape index (κ2) is 7.15. The number of methoxy groups -OCH3 is 1. The van der Waals surface area contributed by atoms with E-state index < -0.39 is 17.4 Å². The standard InChI is InChI=1S/C22H15FO5/c1-26-18-8-7-14(10-17(18)23)22(25)27-12-15-11-20(24)28-19-9-6-13-4-2-3-5-16(13)21(15)19/h2-11H,12H2,1H3. The van der Waals surface area contributed by atoms with Gasteiger partial charge in [0.2, 0.25) is 0 Å². The number of rotatable bonds is 4. The first-order valence-electron chi connectivity index (χ1n) is 8.52. The fraction of sp³-hybridized carbons (Fsp3) is 0.0909. The molecule has 1 aromatic heterocycles. The molecule has 6 heteroatoms. The number of carbonyl (C=O) groups is 1. The number of carbonyl (C=O) groups excluding carboxylic acids is 1. The van der Waals surface area contributed by atoms with Crippen LogP contribution in [0.1, 0.15) is 15.9 Å². The SMILES string of the molecule is COc1ccc(C(=O)OCc2cc(=O)oc3ccc4ccccc4c23)cc1F. The Morgan fingerprint density at radius 1 is 1.07 bits per heavy atom. The van der Waals surface area contributed by atoms with Crippen molar-refractivity contribution in [1.29, 1.82) is 0 Å². The molecule has 0 saturated heterocycles. The monoisotopic (exact) mass is 378 g/mol. The van der Waals surface area contributed by atoms with Gasteiger partial charge in [-0.3, -0.25) is 0 Å². The number of hydrogen-bond donors (Lipinski definition) is 0. The van der Waals surface area contributed by atoms with Crippen LogP contribution in [0.2, 0.25) is 0 Å². The molecule has 3 aromatic carbocycles. The molecular formula is C22H15FO5. The minimum Gasteiger partial charge on any atom is -0.494 e. The van der Waals surface area contributed by atoms with Gasteiger partial charge in [0.05, 0.1) is 12.7 Å². The van der Waals surface area contributed by atoms with Crippen LogP contribution >= 0.6 is 0 Å². The van der Waals surface area contributed by atoms with Gasteiger partial charge in [-0.1, -0.05) is 30.3 Å². The normalized spacial score (nSPS) is 10.9. The molecule has 0 spiro atoms. The van der Waals surface area contributed by atoms with Crippen LogP contribution in [0.15, 0.2) is 69.9 Å². The first kappa shape index (κ1) is 17.7. The zero-order valence-corrected chi connectivity index (χ0v) is 14.9. The number of fused-ring (bicyclic) bond motifs is 3. The topological polar surface area (TPSA) is 65.7 Å². The molecule has 5 nitrogen and oxygen atoms in total. The Kier molecular flexibility index (Phi) is 4.53. The van der Waals surface area contributed by atoms with Crippen molar-refractivity contribution < 1.29 is 23.1 Å². The summed E-state index contributed by atoms with van der Waals surface area (Å²) in [4.78, 5) is 24.2. The van der Waals surface area contributed by atoms with Crippen molar-refractivity contribution in [3.8, 4) is 5.75 Å². The summed E-state index contributed by atoms with van der Waals surface area (Å²) < 4.78 is 29.3. The van der Waals surface area contributed by atoms with E-state index in [2.05, 4.69) is 0 Å². The van der Waals surface area contributed by atoms with Crippen LogP contribution in [0.4, 0.5) is 4.39 Å². The smallest absolute Gasteiger partial charge is 0.338 e. The molecular weight excluding hydrogens is 363 g/mol. The fourth-order valence-corrected chi connectivity index (χ4v) is 3.15. The van der Waals surface area contributed by atoms with Gasteiger partial charge in [0.25, 0.3) is 0 Å². The molecule has 0 aliphatic carbocycles. The van der Waals surface area contributed by atoms with E-state index in [-0.39, 0.29) is 17.9 Å². The molecule has 4 rings (SSSR count). The van der Waals surface area contributed by atoms with Gasteiger partial charge in [0, 0.05) is 17.0 Å². The Morgan fingerprint density at radius 3 is 2.68 bits per heavy atom. The van der Waals surface area contributed by atoms with Crippen molar-refractivity contribution in [2.24, 2.45) is 0 Å². The zero-order valence-electron chi connectivity index (χ0n) is 14.9. The Hall–Kier alpha value is -3.67. The van der Waals surface area contributed by atoms with Crippen molar-refractivity contribution in [1.82, 2.24) is 0 Å².